The van der Waals surface area contributed by atoms with Crippen molar-refractivity contribution in [2.24, 2.45) is 0 Å². The van der Waals surface area contributed by atoms with Crippen LogP contribution in [0.3, 0.4) is 0 Å². The highest BCUT2D eigenvalue weighted by atomic mass is 16.2. The van der Waals surface area contributed by atoms with Crippen LogP contribution in [0.4, 0.5) is 0 Å². The summed E-state index contributed by atoms with van der Waals surface area (Å²) >= 11 is 0. The third-order valence-electron chi connectivity index (χ3n) is 6.74. The van der Waals surface area contributed by atoms with Crippen molar-refractivity contribution < 1.29 is 4.79 Å². The quantitative estimate of drug-likeness (QED) is 0.582. The van der Waals surface area contributed by atoms with Crippen molar-refractivity contribution in [1.82, 2.24) is 19.8 Å². The normalized spacial score (nSPS) is 19.0. The molecule has 1 aliphatic heterocycles. The number of H-pyrrole nitrogens is 1. The van der Waals surface area contributed by atoms with Gasteiger partial charge in [-0.2, -0.15) is 0 Å². The zero-order chi connectivity index (χ0) is 23.4. The van der Waals surface area contributed by atoms with E-state index in [2.05, 4.69) is 29.0 Å². The number of nitrogens with zero attached hydrogens (tertiary/aromatic N) is 2. The van der Waals surface area contributed by atoms with Crippen molar-refractivity contribution in [3.05, 3.63) is 80.5 Å². The summed E-state index contributed by atoms with van der Waals surface area (Å²) in [7, 11) is 0. The lowest BCUT2D eigenvalue weighted by atomic mass is 9.98. The summed E-state index contributed by atoms with van der Waals surface area (Å²) in [4.78, 5) is 43.4. The van der Waals surface area contributed by atoms with Crippen molar-refractivity contribution in [2.45, 2.75) is 58.2 Å². The zero-order valence-corrected chi connectivity index (χ0v) is 19.3. The molecule has 2 aromatic carbocycles. The van der Waals surface area contributed by atoms with Gasteiger partial charge < -0.3 is 10.3 Å². The minimum absolute atomic E-state index is 0.205. The number of amides is 1. The highest BCUT2D eigenvalue weighted by molar-refractivity contribution is 5.97. The molecule has 7 nitrogen and oxygen atoms in total. The number of fused-ring (bicyclic) bond motifs is 1. The Kier molecular flexibility index (Phi) is 7.08. The van der Waals surface area contributed by atoms with Gasteiger partial charge in [0.25, 0.3) is 11.5 Å². The number of benzene rings is 2. The second kappa shape index (κ2) is 10.2. The maximum atomic E-state index is 12.9. The summed E-state index contributed by atoms with van der Waals surface area (Å²) < 4.78 is 1.22. The topological polar surface area (TPSA) is 87.2 Å². The van der Waals surface area contributed by atoms with Crippen LogP contribution in [0.15, 0.2) is 58.1 Å². The summed E-state index contributed by atoms with van der Waals surface area (Å²) in [5.74, 6) is -0.205. The van der Waals surface area contributed by atoms with E-state index in [1.165, 1.54) is 23.8 Å². The van der Waals surface area contributed by atoms with Gasteiger partial charge in [0.2, 0.25) is 0 Å². The Morgan fingerprint density at radius 1 is 1.03 bits per heavy atom. The fourth-order valence-electron chi connectivity index (χ4n) is 4.80. The summed E-state index contributed by atoms with van der Waals surface area (Å²) in [5, 5.41) is 3.37. The molecular formula is C26H32N4O3. The number of aryl methyl sites for hydroxylation is 1. The fourth-order valence-corrected chi connectivity index (χ4v) is 4.80. The molecule has 1 saturated heterocycles. The van der Waals surface area contributed by atoms with E-state index in [-0.39, 0.29) is 11.5 Å². The fraction of sp³-hybridized carbons (Fsp3) is 0.423. The SMILES string of the molecule is C[C@@H]1CCC[C@@H](C)N1CCNC(=O)c1ccc2c(=O)n(CCc3ccccc3)c(=O)[nH]c2c1. The first-order valence-electron chi connectivity index (χ1n) is 11.8. The van der Waals surface area contributed by atoms with Gasteiger partial charge >= 0.3 is 5.69 Å². The number of piperidine rings is 1. The van der Waals surface area contributed by atoms with Gasteiger partial charge in [0.1, 0.15) is 0 Å². The molecular weight excluding hydrogens is 416 g/mol. The van der Waals surface area contributed by atoms with Gasteiger partial charge in [-0.05, 0) is 56.9 Å². The Morgan fingerprint density at radius 2 is 1.76 bits per heavy atom. The molecule has 4 rings (SSSR count). The number of likely N-dealkylation sites (tertiary alicyclic amines) is 1. The van der Waals surface area contributed by atoms with Gasteiger partial charge in [-0.1, -0.05) is 36.8 Å². The van der Waals surface area contributed by atoms with Gasteiger partial charge in [0, 0.05) is 37.3 Å². The Balaban J connectivity index is 1.44. The first-order chi connectivity index (χ1) is 15.9. The Labute approximate surface area is 193 Å². The van der Waals surface area contributed by atoms with Crippen molar-refractivity contribution in [2.75, 3.05) is 13.1 Å². The minimum Gasteiger partial charge on any atom is -0.351 e. The summed E-state index contributed by atoms with van der Waals surface area (Å²) in [6, 6.07) is 15.6. The summed E-state index contributed by atoms with van der Waals surface area (Å²) in [6.45, 7) is 6.14. The molecule has 2 N–H and O–H groups in total. The van der Waals surface area contributed by atoms with Crippen molar-refractivity contribution in [1.29, 1.82) is 0 Å². The average molecular weight is 449 g/mol. The average Bonchev–Trinajstić information content (AvgIpc) is 2.81. The molecule has 0 spiro atoms. The number of carbonyl (C=O) groups excluding carboxylic acids is 1. The van der Waals surface area contributed by atoms with Crippen LogP contribution >= 0.6 is 0 Å². The number of nitrogens with one attached hydrogen (secondary N) is 2. The van der Waals surface area contributed by atoms with Crippen LogP contribution in [-0.4, -0.2) is 45.5 Å². The molecule has 3 aromatic rings. The van der Waals surface area contributed by atoms with E-state index in [0.29, 0.717) is 48.1 Å². The highest BCUT2D eigenvalue weighted by Crippen LogP contribution is 2.21. The third kappa shape index (κ3) is 5.25. The van der Waals surface area contributed by atoms with E-state index in [0.717, 1.165) is 12.1 Å². The monoisotopic (exact) mass is 448 g/mol. The van der Waals surface area contributed by atoms with E-state index in [9.17, 15) is 14.4 Å². The van der Waals surface area contributed by atoms with E-state index in [1.54, 1.807) is 18.2 Å². The zero-order valence-electron chi connectivity index (χ0n) is 19.3. The lowest BCUT2D eigenvalue weighted by Crippen LogP contribution is -2.47. The molecule has 0 saturated carbocycles. The summed E-state index contributed by atoms with van der Waals surface area (Å²) in [5.41, 5.74) is 1.06. The molecule has 1 fully saturated rings. The van der Waals surface area contributed by atoms with E-state index in [1.807, 2.05) is 30.3 Å². The molecule has 0 unspecified atom stereocenters. The Morgan fingerprint density at radius 3 is 2.48 bits per heavy atom. The molecule has 1 amide bonds. The molecule has 0 aliphatic carbocycles. The van der Waals surface area contributed by atoms with E-state index >= 15 is 0 Å². The standard InChI is InChI=1S/C26H32N4O3/c1-18-7-6-8-19(2)29(18)16-14-27-24(31)21-11-12-22-23(17-21)28-26(33)30(25(22)32)15-13-20-9-4-3-5-10-20/h3-5,9-12,17-19H,6-8,13-16H2,1-2H3,(H,27,31)(H,28,33)/t18-,19-/m1/s1. The highest BCUT2D eigenvalue weighted by Gasteiger charge is 2.24. The molecule has 2 atom stereocenters. The second-order valence-corrected chi connectivity index (χ2v) is 9.01. The molecule has 1 aliphatic rings. The van der Waals surface area contributed by atoms with Crippen LogP contribution in [0, 0.1) is 0 Å². The number of aromatic amines is 1. The van der Waals surface area contributed by atoms with Gasteiger partial charge in [-0.3, -0.25) is 19.1 Å². The largest absolute Gasteiger partial charge is 0.351 e. The van der Waals surface area contributed by atoms with Gasteiger partial charge in [0.15, 0.2) is 0 Å². The first-order valence-corrected chi connectivity index (χ1v) is 11.8. The van der Waals surface area contributed by atoms with Gasteiger partial charge in [0.05, 0.1) is 10.9 Å². The molecule has 2 heterocycles. The number of hydrogen-bond donors (Lipinski definition) is 2. The third-order valence-corrected chi connectivity index (χ3v) is 6.74. The molecule has 174 valence electrons. The Bertz CT molecular complexity index is 1220. The molecule has 0 bridgehead atoms. The predicted molar refractivity (Wildman–Crippen MR) is 131 cm³/mol. The predicted octanol–water partition coefficient (Wildman–Crippen LogP) is 2.93. The number of aromatic nitrogens is 2. The molecule has 1 aromatic heterocycles. The van der Waals surface area contributed by atoms with Crippen LogP contribution in [0.25, 0.3) is 10.9 Å². The van der Waals surface area contributed by atoms with Crippen molar-refractivity contribution in [3.8, 4) is 0 Å². The van der Waals surface area contributed by atoms with Gasteiger partial charge in [-0.25, -0.2) is 4.79 Å². The maximum Gasteiger partial charge on any atom is 0.328 e. The lowest BCUT2D eigenvalue weighted by molar-refractivity contribution is 0.0889. The van der Waals surface area contributed by atoms with Crippen molar-refractivity contribution >= 4 is 16.8 Å². The number of rotatable bonds is 7. The molecule has 7 heteroatoms. The minimum atomic E-state index is -0.464. The van der Waals surface area contributed by atoms with Crippen LogP contribution in [0.1, 0.15) is 49.0 Å². The van der Waals surface area contributed by atoms with Gasteiger partial charge in [-0.15, -0.1) is 0 Å². The van der Waals surface area contributed by atoms with Crippen LogP contribution in [0.2, 0.25) is 0 Å². The molecule has 0 radical (unpaired) electrons. The first kappa shape index (κ1) is 23.0. The Hall–Kier alpha value is -3.19. The number of hydrogen-bond acceptors (Lipinski definition) is 4. The molecule has 33 heavy (non-hydrogen) atoms. The van der Waals surface area contributed by atoms with Crippen molar-refractivity contribution in [3.63, 3.8) is 0 Å². The van der Waals surface area contributed by atoms with E-state index < -0.39 is 5.69 Å². The lowest BCUT2D eigenvalue weighted by Gasteiger charge is -2.39. The van der Waals surface area contributed by atoms with Crippen LogP contribution < -0.4 is 16.6 Å². The second-order valence-electron chi connectivity index (χ2n) is 9.01. The maximum absolute atomic E-state index is 12.9. The van der Waals surface area contributed by atoms with E-state index in [4.69, 9.17) is 0 Å². The summed E-state index contributed by atoms with van der Waals surface area (Å²) in [6.07, 6.45) is 4.23. The van der Waals surface area contributed by atoms with Crippen LogP contribution in [0.5, 0.6) is 0 Å². The van der Waals surface area contributed by atoms with Crippen LogP contribution in [-0.2, 0) is 13.0 Å². The smallest absolute Gasteiger partial charge is 0.328 e. The number of carbonyl (C=O) groups is 1.